The van der Waals surface area contributed by atoms with Crippen molar-refractivity contribution in [3.8, 4) is 0 Å². The van der Waals surface area contributed by atoms with Crippen LogP contribution in [0.25, 0.3) is 0 Å². The molecule has 132 valence electrons. The molecule has 22 heavy (non-hydrogen) atoms. The van der Waals surface area contributed by atoms with E-state index in [4.69, 9.17) is 4.74 Å². The van der Waals surface area contributed by atoms with Gasteiger partial charge in [0.2, 0.25) is 0 Å². The van der Waals surface area contributed by atoms with Gasteiger partial charge in [-0.05, 0) is 46.7 Å². The third-order valence-electron chi connectivity index (χ3n) is 3.41. The highest BCUT2D eigenvalue weighted by Gasteiger charge is 2.15. The van der Waals surface area contributed by atoms with E-state index < -0.39 is 5.60 Å². The zero-order chi connectivity index (χ0) is 16.7. The second-order valence-electron chi connectivity index (χ2n) is 7.01. The van der Waals surface area contributed by atoms with Crippen molar-refractivity contribution in [2.75, 3.05) is 19.6 Å². The van der Waals surface area contributed by atoms with Crippen LogP contribution in [0.5, 0.6) is 0 Å². The van der Waals surface area contributed by atoms with Crippen molar-refractivity contribution >= 4 is 6.09 Å². The molecule has 4 heteroatoms. The van der Waals surface area contributed by atoms with E-state index in [1.165, 1.54) is 51.4 Å². The minimum atomic E-state index is -0.418. The quantitative estimate of drug-likeness (QED) is 0.487. The molecule has 1 amide bonds. The van der Waals surface area contributed by atoms with Gasteiger partial charge in [-0.2, -0.15) is 0 Å². The van der Waals surface area contributed by atoms with Gasteiger partial charge >= 0.3 is 6.09 Å². The summed E-state index contributed by atoms with van der Waals surface area (Å²) in [5.74, 6) is 0. The Hall–Kier alpha value is -0.770. The summed E-state index contributed by atoms with van der Waals surface area (Å²) in [4.78, 5) is 11.4. The van der Waals surface area contributed by atoms with Crippen molar-refractivity contribution in [1.82, 2.24) is 10.6 Å². The molecular formula is C18H38N2O2. The van der Waals surface area contributed by atoms with Gasteiger partial charge < -0.3 is 15.4 Å². The van der Waals surface area contributed by atoms with Gasteiger partial charge in [0.1, 0.15) is 5.60 Å². The van der Waals surface area contributed by atoms with Crippen LogP contribution in [0.4, 0.5) is 4.79 Å². The Morgan fingerprint density at radius 2 is 1.36 bits per heavy atom. The minimum absolute atomic E-state index is 0.324. The lowest BCUT2D eigenvalue weighted by Crippen LogP contribution is -2.34. The molecular weight excluding hydrogens is 276 g/mol. The molecule has 0 radical (unpaired) electrons. The van der Waals surface area contributed by atoms with Gasteiger partial charge in [-0.1, -0.05) is 51.9 Å². The van der Waals surface area contributed by atoms with Crippen LogP contribution in [0, 0.1) is 0 Å². The maximum absolute atomic E-state index is 11.4. The van der Waals surface area contributed by atoms with E-state index in [9.17, 15) is 4.79 Å². The fourth-order valence-electron chi connectivity index (χ4n) is 2.23. The summed E-state index contributed by atoms with van der Waals surface area (Å²) in [7, 11) is 0. The predicted molar refractivity (Wildman–Crippen MR) is 94.3 cm³/mol. The summed E-state index contributed by atoms with van der Waals surface area (Å²) >= 11 is 0. The van der Waals surface area contributed by atoms with Crippen LogP contribution in [-0.4, -0.2) is 31.3 Å². The average Bonchev–Trinajstić information content (AvgIpc) is 2.42. The topological polar surface area (TPSA) is 50.4 Å². The number of alkyl carbamates (subject to hydrolysis) is 1. The summed E-state index contributed by atoms with van der Waals surface area (Å²) in [5.41, 5.74) is -0.418. The SMILES string of the molecule is CCCCCCCCCCNCCCNC(=O)OC(C)(C)C. The molecule has 0 aromatic heterocycles. The van der Waals surface area contributed by atoms with Crippen molar-refractivity contribution in [3.05, 3.63) is 0 Å². The van der Waals surface area contributed by atoms with Crippen LogP contribution in [0.3, 0.4) is 0 Å². The number of unbranched alkanes of at least 4 members (excludes halogenated alkanes) is 7. The standard InChI is InChI=1S/C18H38N2O2/c1-5-6-7-8-9-10-11-12-14-19-15-13-16-20-17(21)22-18(2,3)4/h19H,5-16H2,1-4H3,(H,20,21). The third kappa shape index (κ3) is 17.3. The van der Waals surface area contributed by atoms with Crippen LogP contribution in [-0.2, 0) is 4.74 Å². The lowest BCUT2D eigenvalue weighted by molar-refractivity contribution is 0.0527. The molecule has 0 rings (SSSR count). The maximum atomic E-state index is 11.4. The van der Waals surface area contributed by atoms with Crippen LogP contribution < -0.4 is 10.6 Å². The van der Waals surface area contributed by atoms with Gasteiger partial charge in [0, 0.05) is 6.54 Å². The Labute approximate surface area is 137 Å². The van der Waals surface area contributed by atoms with E-state index in [2.05, 4.69) is 17.6 Å². The first kappa shape index (κ1) is 21.2. The number of rotatable bonds is 13. The second-order valence-corrected chi connectivity index (χ2v) is 7.01. The third-order valence-corrected chi connectivity index (χ3v) is 3.41. The zero-order valence-electron chi connectivity index (χ0n) is 15.3. The number of carbonyl (C=O) groups excluding carboxylic acids is 1. The Balaban J connectivity index is 3.16. The summed E-state index contributed by atoms with van der Waals surface area (Å²) < 4.78 is 5.17. The smallest absolute Gasteiger partial charge is 0.407 e. The van der Waals surface area contributed by atoms with Crippen LogP contribution in [0.1, 0.15) is 85.5 Å². The Bertz CT molecular complexity index is 262. The Morgan fingerprint density at radius 3 is 1.95 bits per heavy atom. The van der Waals surface area contributed by atoms with E-state index in [1.807, 2.05) is 20.8 Å². The average molecular weight is 315 g/mol. The maximum Gasteiger partial charge on any atom is 0.407 e. The summed E-state index contributed by atoms with van der Waals surface area (Å²) in [5, 5.41) is 6.20. The van der Waals surface area contributed by atoms with E-state index in [1.54, 1.807) is 0 Å². The lowest BCUT2D eigenvalue weighted by atomic mass is 10.1. The van der Waals surface area contributed by atoms with Crippen molar-refractivity contribution in [3.63, 3.8) is 0 Å². The van der Waals surface area contributed by atoms with Gasteiger partial charge in [-0.25, -0.2) is 4.79 Å². The fourth-order valence-corrected chi connectivity index (χ4v) is 2.23. The molecule has 0 aliphatic rings. The number of hydrogen-bond acceptors (Lipinski definition) is 3. The van der Waals surface area contributed by atoms with Crippen molar-refractivity contribution in [2.24, 2.45) is 0 Å². The molecule has 0 aliphatic heterocycles. The highest BCUT2D eigenvalue weighted by molar-refractivity contribution is 5.67. The zero-order valence-corrected chi connectivity index (χ0v) is 15.3. The number of ether oxygens (including phenoxy) is 1. The summed E-state index contributed by atoms with van der Waals surface area (Å²) in [6.45, 7) is 10.6. The molecule has 0 aromatic rings. The molecule has 4 nitrogen and oxygen atoms in total. The van der Waals surface area contributed by atoms with E-state index in [-0.39, 0.29) is 6.09 Å². The highest BCUT2D eigenvalue weighted by Crippen LogP contribution is 2.08. The molecule has 0 aromatic carbocycles. The largest absolute Gasteiger partial charge is 0.444 e. The molecule has 0 atom stereocenters. The number of amides is 1. The van der Waals surface area contributed by atoms with Crippen LogP contribution in [0.15, 0.2) is 0 Å². The highest BCUT2D eigenvalue weighted by atomic mass is 16.6. The first-order valence-electron chi connectivity index (χ1n) is 9.13. The van der Waals surface area contributed by atoms with Crippen LogP contribution in [0.2, 0.25) is 0 Å². The molecule has 0 unspecified atom stereocenters. The molecule has 0 spiro atoms. The van der Waals surface area contributed by atoms with E-state index >= 15 is 0 Å². The molecule has 0 heterocycles. The van der Waals surface area contributed by atoms with E-state index in [0.29, 0.717) is 6.54 Å². The van der Waals surface area contributed by atoms with Crippen molar-refractivity contribution in [1.29, 1.82) is 0 Å². The first-order valence-corrected chi connectivity index (χ1v) is 9.13. The van der Waals surface area contributed by atoms with Crippen LogP contribution >= 0.6 is 0 Å². The second kappa shape index (κ2) is 13.9. The molecule has 2 N–H and O–H groups in total. The molecule has 0 aliphatic carbocycles. The number of nitrogens with one attached hydrogen (secondary N) is 2. The summed E-state index contributed by atoms with van der Waals surface area (Å²) in [6.07, 6.45) is 11.5. The lowest BCUT2D eigenvalue weighted by Gasteiger charge is -2.19. The molecule has 0 fully saturated rings. The molecule has 0 saturated carbocycles. The molecule has 0 bridgehead atoms. The van der Waals surface area contributed by atoms with Crippen molar-refractivity contribution in [2.45, 2.75) is 91.1 Å². The Morgan fingerprint density at radius 1 is 0.818 bits per heavy atom. The minimum Gasteiger partial charge on any atom is -0.444 e. The van der Waals surface area contributed by atoms with Gasteiger partial charge in [-0.3, -0.25) is 0 Å². The van der Waals surface area contributed by atoms with Crippen molar-refractivity contribution < 1.29 is 9.53 Å². The predicted octanol–water partition coefficient (Wildman–Crippen LogP) is 4.63. The normalized spacial score (nSPS) is 11.5. The Kier molecular flexibility index (Phi) is 13.4. The van der Waals surface area contributed by atoms with Gasteiger partial charge in [0.25, 0.3) is 0 Å². The van der Waals surface area contributed by atoms with Gasteiger partial charge in [0.15, 0.2) is 0 Å². The van der Waals surface area contributed by atoms with E-state index in [0.717, 1.165) is 19.5 Å². The van der Waals surface area contributed by atoms with Gasteiger partial charge in [-0.15, -0.1) is 0 Å². The molecule has 0 saturated heterocycles. The number of carbonyl (C=O) groups is 1. The first-order chi connectivity index (χ1) is 10.5. The van der Waals surface area contributed by atoms with Gasteiger partial charge in [0.05, 0.1) is 0 Å². The number of hydrogen-bond donors (Lipinski definition) is 2. The fraction of sp³-hybridized carbons (Fsp3) is 0.944. The monoisotopic (exact) mass is 314 g/mol. The summed E-state index contributed by atoms with van der Waals surface area (Å²) in [6, 6.07) is 0.